The Morgan fingerprint density at radius 3 is 2.72 bits per heavy atom. The van der Waals surface area contributed by atoms with Crippen LogP contribution < -0.4 is 16.0 Å². The van der Waals surface area contributed by atoms with Crippen LogP contribution in [0.15, 0.2) is 24.4 Å². The standard InChI is InChI=1S/C15H14F3N7/c1-21-13-11(15(16,17)18)8-23-14(25-13)24-10-3-2-9(7-20)12(6-10)22-5-4-19/h2-3,6-8,20,22H,5H2,1H3,(H2,21,23,24,25). The highest BCUT2D eigenvalue weighted by atomic mass is 19.4. The van der Waals surface area contributed by atoms with E-state index in [4.69, 9.17) is 10.7 Å². The van der Waals surface area contributed by atoms with Gasteiger partial charge in [-0.15, -0.1) is 0 Å². The van der Waals surface area contributed by atoms with Gasteiger partial charge in [0.2, 0.25) is 5.95 Å². The molecular weight excluding hydrogens is 335 g/mol. The summed E-state index contributed by atoms with van der Waals surface area (Å²) in [6.45, 7) is 0.0466. The lowest BCUT2D eigenvalue weighted by atomic mass is 10.1. The molecule has 2 aromatic rings. The first-order chi connectivity index (χ1) is 11.9. The van der Waals surface area contributed by atoms with Crippen molar-refractivity contribution in [3.05, 3.63) is 35.5 Å². The van der Waals surface area contributed by atoms with Gasteiger partial charge in [0.05, 0.1) is 6.07 Å². The summed E-state index contributed by atoms with van der Waals surface area (Å²) in [5, 5.41) is 24.0. The summed E-state index contributed by atoms with van der Waals surface area (Å²) in [7, 11) is 1.34. The molecule has 1 heterocycles. The molecule has 1 aromatic heterocycles. The maximum Gasteiger partial charge on any atom is 0.421 e. The van der Waals surface area contributed by atoms with Crippen molar-refractivity contribution >= 4 is 29.4 Å². The number of aromatic nitrogens is 2. The third kappa shape index (κ3) is 4.35. The van der Waals surface area contributed by atoms with E-state index in [-0.39, 0.29) is 18.3 Å². The van der Waals surface area contributed by atoms with Crippen molar-refractivity contribution in [2.24, 2.45) is 0 Å². The van der Waals surface area contributed by atoms with E-state index in [0.29, 0.717) is 23.1 Å². The van der Waals surface area contributed by atoms with Gasteiger partial charge < -0.3 is 21.4 Å². The summed E-state index contributed by atoms with van der Waals surface area (Å²) in [6, 6.07) is 6.78. The molecule has 1 aromatic carbocycles. The van der Waals surface area contributed by atoms with Gasteiger partial charge in [-0.2, -0.15) is 23.4 Å². The summed E-state index contributed by atoms with van der Waals surface area (Å²) in [6.07, 6.45) is -2.74. The van der Waals surface area contributed by atoms with Gasteiger partial charge >= 0.3 is 6.18 Å². The second-order valence-corrected chi connectivity index (χ2v) is 4.79. The van der Waals surface area contributed by atoms with Crippen LogP contribution in [0.4, 0.5) is 36.3 Å². The molecule has 0 radical (unpaired) electrons. The molecule has 0 amide bonds. The molecule has 0 aliphatic heterocycles. The fourth-order valence-electron chi connectivity index (χ4n) is 2.02. The van der Waals surface area contributed by atoms with Gasteiger partial charge in [0.25, 0.3) is 0 Å². The van der Waals surface area contributed by atoms with Gasteiger partial charge in [-0.25, -0.2) is 4.98 Å². The topological polar surface area (TPSA) is 110 Å². The summed E-state index contributed by atoms with van der Waals surface area (Å²) in [4.78, 5) is 7.50. The molecule has 0 atom stereocenters. The van der Waals surface area contributed by atoms with E-state index >= 15 is 0 Å². The van der Waals surface area contributed by atoms with Crippen LogP contribution in [0.25, 0.3) is 0 Å². The van der Waals surface area contributed by atoms with Crippen molar-refractivity contribution in [1.29, 1.82) is 10.7 Å². The van der Waals surface area contributed by atoms with Crippen LogP contribution in [0, 0.1) is 16.7 Å². The van der Waals surface area contributed by atoms with Crippen molar-refractivity contribution in [2.75, 3.05) is 29.5 Å². The van der Waals surface area contributed by atoms with E-state index in [1.807, 2.05) is 6.07 Å². The van der Waals surface area contributed by atoms with Crippen LogP contribution in [0.1, 0.15) is 11.1 Å². The van der Waals surface area contributed by atoms with Crippen LogP contribution in [0.3, 0.4) is 0 Å². The third-order valence-corrected chi connectivity index (χ3v) is 3.15. The van der Waals surface area contributed by atoms with E-state index in [1.54, 1.807) is 18.2 Å². The Balaban J connectivity index is 2.30. The van der Waals surface area contributed by atoms with Gasteiger partial charge in [0.15, 0.2) is 0 Å². The second kappa shape index (κ2) is 7.48. The molecule has 0 aliphatic carbocycles. The van der Waals surface area contributed by atoms with Crippen molar-refractivity contribution in [1.82, 2.24) is 9.97 Å². The number of rotatable bonds is 6. The Bertz CT molecular complexity index is 812. The minimum atomic E-state index is -4.56. The lowest BCUT2D eigenvalue weighted by molar-refractivity contribution is -0.137. The van der Waals surface area contributed by atoms with Gasteiger partial charge in [-0.05, 0) is 18.2 Å². The number of nitrogens with one attached hydrogen (secondary N) is 4. The molecular formula is C15H14F3N7. The first-order valence-corrected chi connectivity index (χ1v) is 7.03. The Morgan fingerprint density at radius 2 is 2.12 bits per heavy atom. The Kier molecular flexibility index (Phi) is 5.38. The number of hydrogen-bond donors (Lipinski definition) is 4. The van der Waals surface area contributed by atoms with Crippen molar-refractivity contribution in [2.45, 2.75) is 6.18 Å². The average molecular weight is 349 g/mol. The zero-order valence-electron chi connectivity index (χ0n) is 13.1. The van der Waals surface area contributed by atoms with E-state index in [0.717, 1.165) is 6.21 Å². The van der Waals surface area contributed by atoms with Crippen LogP contribution in [0.5, 0.6) is 0 Å². The van der Waals surface area contributed by atoms with E-state index in [1.165, 1.54) is 7.05 Å². The van der Waals surface area contributed by atoms with E-state index in [2.05, 4.69) is 25.9 Å². The zero-order chi connectivity index (χ0) is 18.4. The second-order valence-electron chi connectivity index (χ2n) is 4.79. The molecule has 0 saturated heterocycles. The summed E-state index contributed by atoms with van der Waals surface area (Å²) < 4.78 is 38.6. The van der Waals surface area contributed by atoms with Crippen LogP contribution in [0.2, 0.25) is 0 Å². The van der Waals surface area contributed by atoms with Gasteiger partial charge in [0.1, 0.15) is 17.9 Å². The smallest absolute Gasteiger partial charge is 0.372 e. The molecule has 0 bridgehead atoms. The molecule has 0 fully saturated rings. The first kappa shape index (κ1) is 18.0. The number of nitrogens with zero attached hydrogens (tertiary/aromatic N) is 3. The van der Waals surface area contributed by atoms with Crippen LogP contribution in [-0.2, 0) is 6.18 Å². The van der Waals surface area contributed by atoms with Crippen molar-refractivity contribution in [3.63, 3.8) is 0 Å². The third-order valence-electron chi connectivity index (χ3n) is 3.15. The predicted octanol–water partition coefficient (Wildman–Crippen LogP) is 3.21. The molecule has 25 heavy (non-hydrogen) atoms. The molecule has 0 saturated carbocycles. The SMILES string of the molecule is CNc1nc(Nc2ccc(C=N)c(NCC#N)c2)ncc1C(F)(F)F. The normalized spacial score (nSPS) is 10.7. The van der Waals surface area contributed by atoms with Crippen molar-refractivity contribution in [3.8, 4) is 6.07 Å². The fourth-order valence-corrected chi connectivity index (χ4v) is 2.02. The van der Waals surface area contributed by atoms with Crippen molar-refractivity contribution < 1.29 is 13.2 Å². The summed E-state index contributed by atoms with van der Waals surface area (Å²) >= 11 is 0. The van der Waals surface area contributed by atoms with Gasteiger partial charge in [-0.3, -0.25) is 0 Å². The highest BCUT2D eigenvalue weighted by Gasteiger charge is 2.35. The molecule has 0 spiro atoms. The van der Waals surface area contributed by atoms with E-state index < -0.39 is 11.7 Å². The summed E-state index contributed by atoms with van der Waals surface area (Å²) in [5.41, 5.74) is 0.622. The minimum Gasteiger partial charge on any atom is -0.372 e. The molecule has 2 rings (SSSR count). The number of hydrogen-bond acceptors (Lipinski definition) is 7. The number of halogens is 3. The highest BCUT2D eigenvalue weighted by Crippen LogP contribution is 2.34. The molecule has 4 N–H and O–H groups in total. The van der Waals surface area contributed by atoms with Gasteiger partial charge in [-0.1, -0.05) is 0 Å². The van der Waals surface area contributed by atoms with E-state index in [9.17, 15) is 13.2 Å². The largest absolute Gasteiger partial charge is 0.421 e. The van der Waals surface area contributed by atoms with Crippen LogP contribution >= 0.6 is 0 Å². The maximum absolute atomic E-state index is 12.9. The lowest BCUT2D eigenvalue weighted by Gasteiger charge is -2.14. The van der Waals surface area contributed by atoms with Crippen LogP contribution in [-0.4, -0.2) is 29.8 Å². The van der Waals surface area contributed by atoms with Gasteiger partial charge in [0, 0.05) is 36.4 Å². The molecule has 0 aliphatic rings. The zero-order valence-corrected chi connectivity index (χ0v) is 13.1. The predicted molar refractivity (Wildman–Crippen MR) is 88.3 cm³/mol. The first-order valence-electron chi connectivity index (χ1n) is 7.03. The number of alkyl halides is 3. The molecule has 7 nitrogen and oxygen atoms in total. The Morgan fingerprint density at radius 1 is 1.36 bits per heavy atom. The fraction of sp³-hybridized carbons (Fsp3) is 0.200. The Hall–Kier alpha value is -3.35. The number of nitriles is 1. The highest BCUT2D eigenvalue weighted by molar-refractivity contribution is 5.87. The molecule has 0 unspecified atom stereocenters. The summed E-state index contributed by atoms with van der Waals surface area (Å²) in [5.74, 6) is -0.366. The number of anilines is 4. The molecule has 130 valence electrons. The quantitative estimate of drug-likeness (QED) is 0.471. The number of benzene rings is 1. The molecule has 10 heteroatoms. The monoisotopic (exact) mass is 349 g/mol. The average Bonchev–Trinajstić information content (AvgIpc) is 2.59. The Labute approximate surface area is 141 Å². The maximum atomic E-state index is 12.9. The lowest BCUT2D eigenvalue weighted by Crippen LogP contribution is -2.12. The minimum absolute atomic E-state index is 0.0220.